The van der Waals surface area contributed by atoms with E-state index in [9.17, 15) is 9.59 Å². The monoisotopic (exact) mass is 258 g/mol. The summed E-state index contributed by atoms with van der Waals surface area (Å²) in [6, 6.07) is -0.242. The number of esters is 1. The van der Waals surface area contributed by atoms with Crippen LogP contribution < -0.4 is 10.6 Å². The van der Waals surface area contributed by atoms with Crippen molar-refractivity contribution in [2.75, 3.05) is 20.2 Å². The lowest BCUT2D eigenvalue weighted by atomic mass is 9.93. The van der Waals surface area contributed by atoms with E-state index in [4.69, 9.17) is 9.47 Å². The number of hydrogen-bond donors (Lipinski definition) is 2. The minimum absolute atomic E-state index is 0.242. The molecule has 2 N–H and O–H groups in total. The Morgan fingerprint density at radius 2 is 2.00 bits per heavy atom. The van der Waals surface area contributed by atoms with Crippen molar-refractivity contribution in [3.63, 3.8) is 0 Å². The number of carbonyl (C=O) groups excluding carboxylic acids is 2. The minimum Gasteiger partial charge on any atom is -0.469 e. The number of hydrogen-bond acceptors (Lipinski definition) is 5. The van der Waals surface area contributed by atoms with Crippen LogP contribution in [0.2, 0.25) is 0 Å². The lowest BCUT2D eigenvalue weighted by Gasteiger charge is -2.31. The zero-order valence-electron chi connectivity index (χ0n) is 11.4. The van der Waals surface area contributed by atoms with Crippen molar-refractivity contribution in [3.8, 4) is 0 Å². The summed E-state index contributed by atoms with van der Waals surface area (Å²) >= 11 is 0. The molecule has 1 rings (SSSR count). The molecule has 2 atom stereocenters. The fourth-order valence-corrected chi connectivity index (χ4v) is 1.89. The van der Waals surface area contributed by atoms with Gasteiger partial charge in [-0.2, -0.15) is 0 Å². The van der Waals surface area contributed by atoms with E-state index in [1.807, 2.05) is 0 Å². The molecule has 1 aliphatic rings. The lowest BCUT2D eigenvalue weighted by molar-refractivity contribution is -0.146. The summed E-state index contributed by atoms with van der Waals surface area (Å²) in [4.78, 5) is 23.3. The Morgan fingerprint density at radius 1 is 1.33 bits per heavy atom. The van der Waals surface area contributed by atoms with Gasteiger partial charge in [-0.25, -0.2) is 4.79 Å². The zero-order chi connectivity index (χ0) is 13.8. The van der Waals surface area contributed by atoms with E-state index in [1.165, 1.54) is 7.11 Å². The van der Waals surface area contributed by atoms with Crippen LogP contribution >= 0.6 is 0 Å². The number of alkyl carbamates (subject to hydrolysis) is 1. The first kappa shape index (κ1) is 14.8. The van der Waals surface area contributed by atoms with Gasteiger partial charge >= 0.3 is 12.1 Å². The lowest BCUT2D eigenvalue weighted by Crippen LogP contribution is -2.53. The Bertz CT molecular complexity index is 312. The van der Waals surface area contributed by atoms with Gasteiger partial charge in [-0.1, -0.05) is 0 Å². The first-order valence-corrected chi connectivity index (χ1v) is 6.11. The summed E-state index contributed by atoms with van der Waals surface area (Å²) in [5.74, 6) is -0.681. The molecule has 0 radical (unpaired) electrons. The first-order chi connectivity index (χ1) is 8.33. The molecular formula is C12H22N2O4. The van der Waals surface area contributed by atoms with Crippen LogP contribution in [0.15, 0.2) is 0 Å². The number of nitrogens with one attached hydrogen (secondary N) is 2. The minimum atomic E-state index is -0.544. The molecule has 1 amide bonds. The third kappa shape index (κ3) is 4.52. The second-order valence-corrected chi connectivity index (χ2v) is 5.38. The average molecular weight is 258 g/mol. The van der Waals surface area contributed by atoms with Gasteiger partial charge in [0, 0.05) is 12.6 Å². The Labute approximate surface area is 107 Å². The molecule has 1 heterocycles. The second-order valence-electron chi connectivity index (χ2n) is 5.38. The average Bonchev–Trinajstić information content (AvgIpc) is 2.26. The van der Waals surface area contributed by atoms with Gasteiger partial charge in [0.15, 0.2) is 0 Å². The maximum atomic E-state index is 11.7. The molecule has 1 aliphatic heterocycles. The number of amides is 1. The second kappa shape index (κ2) is 6.04. The highest BCUT2D eigenvalue weighted by atomic mass is 16.6. The smallest absolute Gasteiger partial charge is 0.407 e. The molecule has 0 aliphatic carbocycles. The van der Waals surface area contributed by atoms with E-state index < -0.39 is 11.7 Å². The van der Waals surface area contributed by atoms with Crippen molar-refractivity contribution in [1.82, 2.24) is 10.6 Å². The molecule has 104 valence electrons. The van der Waals surface area contributed by atoms with Crippen LogP contribution in [0.5, 0.6) is 0 Å². The number of rotatable bonds is 2. The summed E-state index contributed by atoms with van der Waals surface area (Å²) in [7, 11) is 1.35. The Hall–Kier alpha value is -1.30. The third-order valence-corrected chi connectivity index (χ3v) is 2.69. The molecule has 6 nitrogen and oxygen atoms in total. The predicted octanol–water partition coefficient (Wildman–Crippen LogP) is 0.662. The van der Waals surface area contributed by atoms with E-state index in [0.29, 0.717) is 13.0 Å². The molecule has 0 saturated carbocycles. The first-order valence-electron chi connectivity index (χ1n) is 6.11. The predicted molar refractivity (Wildman–Crippen MR) is 66.2 cm³/mol. The molecule has 0 spiro atoms. The van der Waals surface area contributed by atoms with Crippen LogP contribution in [-0.4, -0.2) is 43.9 Å². The third-order valence-electron chi connectivity index (χ3n) is 2.69. The van der Waals surface area contributed by atoms with Gasteiger partial charge < -0.3 is 20.1 Å². The fourth-order valence-electron chi connectivity index (χ4n) is 1.89. The molecular weight excluding hydrogens is 236 g/mol. The maximum absolute atomic E-state index is 11.7. The van der Waals surface area contributed by atoms with Crippen LogP contribution in [0.4, 0.5) is 4.79 Å². The summed E-state index contributed by atoms with van der Waals surface area (Å²) in [6.45, 7) is 6.66. The Kier molecular flexibility index (Phi) is 4.95. The number of carbonyl (C=O) groups is 2. The van der Waals surface area contributed by atoms with Crippen LogP contribution in [0.1, 0.15) is 27.2 Å². The van der Waals surface area contributed by atoms with Crippen LogP contribution in [0.25, 0.3) is 0 Å². The highest BCUT2D eigenvalue weighted by Gasteiger charge is 2.33. The summed E-state index contributed by atoms with van der Waals surface area (Å²) in [5.41, 5.74) is -0.544. The maximum Gasteiger partial charge on any atom is 0.407 e. The molecule has 0 bridgehead atoms. The van der Waals surface area contributed by atoms with E-state index in [1.54, 1.807) is 20.8 Å². The summed E-state index contributed by atoms with van der Waals surface area (Å²) < 4.78 is 9.91. The van der Waals surface area contributed by atoms with Gasteiger partial charge in [-0.15, -0.1) is 0 Å². The standard InChI is InChI=1S/C12H22N2O4/c1-12(2,3)18-11(16)14-9-5-6-13-7-8(9)10(15)17-4/h8-9,13H,5-7H2,1-4H3,(H,14,16)/t8-,9-/m1/s1. The topological polar surface area (TPSA) is 76.7 Å². The van der Waals surface area contributed by atoms with Crippen molar-refractivity contribution >= 4 is 12.1 Å². The highest BCUT2D eigenvalue weighted by molar-refractivity contribution is 5.75. The molecule has 18 heavy (non-hydrogen) atoms. The molecule has 0 unspecified atom stereocenters. The van der Waals surface area contributed by atoms with E-state index in [2.05, 4.69) is 10.6 Å². The quantitative estimate of drug-likeness (QED) is 0.712. The normalized spacial score (nSPS) is 24.2. The van der Waals surface area contributed by atoms with Crippen molar-refractivity contribution in [2.24, 2.45) is 5.92 Å². The number of piperidine rings is 1. The van der Waals surface area contributed by atoms with Gasteiger partial charge in [-0.3, -0.25) is 4.79 Å². The van der Waals surface area contributed by atoms with Crippen molar-refractivity contribution in [3.05, 3.63) is 0 Å². The van der Waals surface area contributed by atoms with Crippen LogP contribution in [-0.2, 0) is 14.3 Å². The van der Waals surface area contributed by atoms with Gasteiger partial charge in [0.25, 0.3) is 0 Å². The summed E-state index contributed by atoms with van der Waals surface area (Å²) in [5, 5.41) is 5.85. The van der Waals surface area contributed by atoms with Crippen molar-refractivity contribution in [2.45, 2.75) is 38.8 Å². The zero-order valence-corrected chi connectivity index (χ0v) is 11.4. The molecule has 1 saturated heterocycles. The number of ether oxygens (including phenoxy) is 2. The van der Waals surface area contributed by atoms with E-state index in [0.717, 1.165) is 6.54 Å². The highest BCUT2D eigenvalue weighted by Crippen LogP contribution is 2.14. The fraction of sp³-hybridized carbons (Fsp3) is 0.833. The Morgan fingerprint density at radius 3 is 2.56 bits per heavy atom. The van der Waals surface area contributed by atoms with Crippen LogP contribution in [0.3, 0.4) is 0 Å². The van der Waals surface area contributed by atoms with Gasteiger partial charge in [0.1, 0.15) is 5.60 Å². The van der Waals surface area contributed by atoms with Crippen LogP contribution in [0, 0.1) is 5.92 Å². The molecule has 0 aromatic carbocycles. The van der Waals surface area contributed by atoms with E-state index in [-0.39, 0.29) is 17.9 Å². The van der Waals surface area contributed by atoms with Crippen molar-refractivity contribution in [1.29, 1.82) is 0 Å². The van der Waals surface area contributed by atoms with Crippen molar-refractivity contribution < 1.29 is 19.1 Å². The molecule has 6 heteroatoms. The van der Waals surface area contributed by atoms with E-state index >= 15 is 0 Å². The Balaban J connectivity index is 2.57. The van der Waals surface area contributed by atoms with Gasteiger partial charge in [0.05, 0.1) is 13.0 Å². The molecule has 0 aromatic rings. The van der Waals surface area contributed by atoms with Gasteiger partial charge in [-0.05, 0) is 33.7 Å². The number of methoxy groups -OCH3 is 1. The largest absolute Gasteiger partial charge is 0.469 e. The molecule has 1 fully saturated rings. The van der Waals surface area contributed by atoms with Gasteiger partial charge in [0.2, 0.25) is 0 Å². The molecule has 0 aromatic heterocycles. The summed E-state index contributed by atoms with van der Waals surface area (Å²) in [6.07, 6.45) is 0.183. The SMILES string of the molecule is COC(=O)[C@@H]1CNCC[C@H]1NC(=O)OC(C)(C)C.